The van der Waals surface area contributed by atoms with Gasteiger partial charge in [-0.25, -0.2) is 4.79 Å². The molecule has 0 aromatic heterocycles. The zero-order chi connectivity index (χ0) is 44.8. The van der Waals surface area contributed by atoms with Gasteiger partial charge in [-0.3, -0.25) is 43.2 Å². The first-order valence-electron chi connectivity index (χ1n) is 19.6. The molecule has 1 fully saturated rings. The van der Waals surface area contributed by atoms with Gasteiger partial charge in [0.25, 0.3) is 0 Å². The van der Waals surface area contributed by atoms with Crippen molar-refractivity contribution in [2.24, 2.45) is 17.8 Å². The van der Waals surface area contributed by atoms with E-state index < -0.39 is 134 Å². The molecule has 1 aliphatic carbocycles. The Morgan fingerprint density at radius 3 is 1.68 bits per heavy atom. The lowest BCUT2D eigenvalue weighted by Crippen LogP contribution is -2.61. The average molecular weight is 861 g/mol. The molecule has 0 bridgehead atoms. The van der Waals surface area contributed by atoms with Crippen LogP contribution in [0.15, 0.2) is 0 Å². The highest BCUT2D eigenvalue weighted by atomic mass is 32.1. The lowest BCUT2D eigenvalue weighted by Gasteiger charge is -2.31. The van der Waals surface area contributed by atoms with Crippen molar-refractivity contribution in [3.8, 4) is 0 Å². The van der Waals surface area contributed by atoms with Gasteiger partial charge in [0.05, 0.1) is 19.3 Å². The number of hydrogen-bond donors (Lipinski definition) is 11. The SMILES string of the molecule is CC[C@@H](C)[C@H](NC(=O)[C@H](CC(C)C)NC(=O)[C@@H](CCC(=O)O)NC(=O)[C@H](CC(=O)O)NOC(=O)CCC(=O)O)C(=O)N[C@@H](CC1CCCCC1)C(=O)N[C@@H](CS)C(=O)O. The van der Waals surface area contributed by atoms with Crippen LogP contribution in [0.5, 0.6) is 0 Å². The summed E-state index contributed by atoms with van der Waals surface area (Å²) in [6.07, 6.45) is 1.70. The van der Waals surface area contributed by atoms with E-state index in [1.807, 2.05) is 5.48 Å². The largest absolute Gasteiger partial charge is 0.481 e. The molecule has 0 heterocycles. The molecule has 0 spiro atoms. The minimum Gasteiger partial charge on any atom is -0.481 e. The van der Waals surface area contributed by atoms with E-state index >= 15 is 0 Å². The van der Waals surface area contributed by atoms with Crippen LogP contribution in [0.25, 0.3) is 0 Å². The predicted molar refractivity (Wildman–Crippen MR) is 210 cm³/mol. The summed E-state index contributed by atoms with van der Waals surface area (Å²) in [7, 11) is 0. The molecule has 0 aliphatic heterocycles. The number of aliphatic carboxylic acids is 4. The fourth-order valence-electron chi connectivity index (χ4n) is 6.21. The molecule has 21 nitrogen and oxygen atoms in total. The lowest BCUT2D eigenvalue weighted by molar-refractivity contribution is -0.159. The van der Waals surface area contributed by atoms with Gasteiger partial charge in [-0.1, -0.05) is 66.2 Å². The molecule has 0 aromatic carbocycles. The Kier molecular flexibility index (Phi) is 23.7. The Morgan fingerprint density at radius 1 is 0.627 bits per heavy atom. The molecule has 0 aromatic rings. The van der Waals surface area contributed by atoms with Crippen molar-refractivity contribution >= 4 is 72.0 Å². The number of thiol groups is 1. The van der Waals surface area contributed by atoms with Crippen molar-refractivity contribution in [2.75, 3.05) is 5.75 Å². The fourth-order valence-corrected chi connectivity index (χ4v) is 6.45. The molecule has 10 N–H and O–H groups in total. The molecule has 1 aliphatic rings. The highest BCUT2D eigenvalue weighted by molar-refractivity contribution is 7.80. The van der Waals surface area contributed by atoms with Gasteiger partial charge in [0.1, 0.15) is 36.3 Å². The van der Waals surface area contributed by atoms with E-state index in [9.17, 15) is 63.3 Å². The highest BCUT2D eigenvalue weighted by Gasteiger charge is 2.36. The van der Waals surface area contributed by atoms with E-state index in [4.69, 9.17) is 5.11 Å². The molecule has 1 rings (SSSR count). The second kappa shape index (κ2) is 26.9. The Balaban J connectivity index is 3.34. The molecule has 334 valence electrons. The molecule has 7 atom stereocenters. The topological polar surface area (TPSA) is 333 Å². The third kappa shape index (κ3) is 20.5. The van der Waals surface area contributed by atoms with Crippen LogP contribution < -0.4 is 32.1 Å². The molecule has 59 heavy (non-hydrogen) atoms. The summed E-state index contributed by atoms with van der Waals surface area (Å²) in [5.41, 5.74) is 1.94. The molecular weight excluding hydrogens is 801 g/mol. The minimum absolute atomic E-state index is 0.00544. The van der Waals surface area contributed by atoms with Gasteiger partial charge in [0.15, 0.2) is 0 Å². The normalized spacial score (nSPS) is 16.4. The number of rotatable bonds is 28. The van der Waals surface area contributed by atoms with Crippen molar-refractivity contribution < 1.29 is 73.2 Å². The maximum absolute atomic E-state index is 13.9. The van der Waals surface area contributed by atoms with Crippen LogP contribution >= 0.6 is 12.6 Å². The fraction of sp³-hybridized carbons (Fsp3) is 0.730. The summed E-state index contributed by atoms with van der Waals surface area (Å²) in [4.78, 5) is 130. The number of carboxylic acids is 4. The molecule has 22 heteroatoms. The maximum atomic E-state index is 13.9. The monoisotopic (exact) mass is 860 g/mol. The van der Waals surface area contributed by atoms with Crippen LogP contribution in [0.4, 0.5) is 0 Å². The van der Waals surface area contributed by atoms with Gasteiger partial charge in [-0.2, -0.15) is 12.6 Å². The second-order valence-electron chi connectivity index (χ2n) is 15.1. The van der Waals surface area contributed by atoms with E-state index in [1.54, 1.807) is 27.7 Å². The summed E-state index contributed by atoms with van der Waals surface area (Å²) in [5, 5.41) is 49.4. The average Bonchev–Trinajstić information content (AvgIpc) is 3.16. The van der Waals surface area contributed by atoms with Crippen LogP contribution in [-0.2, 0) is 52.8 Å². The lowest BCUT2D eigenvalue weighted by atomic mass is 9.84. The molecular formula is C37H60N6O15S. The van der Waals surface area contributed by atoms with Gasteiger partial charge >= 0.3 is 29.8 Å². The zero-order valence-electron chi connectivity index (χ0n) is 33.8. The van der Waals surface area contributed by atoms with Crippen molar-refractivity contribution in [3.63, 3.8) is 0 Å². The van der Waals surface area contributed by atoms with Crippen LogP contribution in [0.2, 0.25) is 0 Å². The minimum atomic E-state index is -1.82. The number of hydroxylamine groups is 1. The van der Waals surface area contributed by atoms with E-state index in [0.717, 1.165) is 32.1 Å². The van der Waals surface area contributed by atoms with E-state index in [2.05, 4.69) is 44.1 Å². The number of carboxylic acid groups (broad SMARTS) is 4. The van der Waals surface area contributed by atoms with Crippen molar-refractivity contribution in [2.45, 2.75) is 147 Å². The first-order valence-corrected chi connectivity index (χ1v) is 20.3. The van der Waals surface area contributed by atoms with Crippen molar-refractivity contribution in [3.05, 3.63) is 0 Å². The predicted octanol–water partition coefficient (Wildman–Crippen LogP) is 0.108. The summed E-state index contributed by atoms with van der Waals surface area (Å²) >= 11 is 4.01. The number of carbonyl (C=O) groups is 10. The molecule has 5 amide bonds. The second-order valence-corrected chi connectivity index (χ2v) is 15.4. The first-order chi connectivity index (χ1) is 27.7. The number of amides is 5. The Hall–Kier alpha value is -4.99. The Labute approximate surface area is 347 Å². The quantitative estimate of drug-likeness (QED) is 0.0367. The van der Waals surface area contributed by atoms with Crippen LogP contribution in [0.3, 0.4) is 0 Å². The maximum Gasteiger partial charge on any atom is 0.327 e. The third-order valence-electron chi connectivity index (χ3n) is 9.69. The van der Waals surface area contributed by atoms with Crippen LogP contribution in [-0.4, -0.2) is 122 Å². The summed E-state index contributed by atoms with van der Waals surface area (Å²) in [6, 6.07) is -8.55. The highest BCUT2D eigenvalue weighted by Crippen LogP contribution is 2.27. The number of nitrogens with one attached hydrogen (secondary N) is 6. The van der Waals surface area contributed by atoms with Crippen LogP contribution in [0, 0.1) is 17.8 Å². The zero-order valence-corrected chi connectivity index (χ0v) is 34.7. The summed E-state index contributed by atoms with van der Waals surface area (Å²) < 4.78 is 0. The third-order valence-corrected chi connectivity index (χ3v) is 10.1. The summed E-state index contributed by atoms with van der Waals surface area (Å²) in [6.45, 7) is 6.91. The van der Waals surface area contributed by atoms with Crippen molar-refractivity contribution in [1.29, 1.82) is 0 Å². The Morgan fingerprint density at radius 2 is 1.15 bits per heavy atom. The van der Waals surface area contributed by atoms with Gasteiger partial charge in [0.2, 0.25) is 29.5 Å². The standard InChI is InChI=1S/C37H60N6O15S/c1-5-20(4)31(36(55)40-24(16-21-9-7-6-8-10-21)33(52)41-26(18-59)37(56)57)42-34(53)23(15-19(2)3)39-32(51)22(11-12-27(44)45)38-35(54)25(17-29(48)49)43-58-30(50)14-13-28(46)47/h19-26,31,43,59H,5-18H2,1-4H3,(H,38,54)(H,39,51)(H,40,55)(H,41,52)(H,42,53)(H,44,45)(H,46,47)(H,48,49)(H,56,57)/t20-,22-,23+,24+,25+,26+,31+/m1/s1. The summed E-state index contributed by atoms with van der Waals surface area (Å²) in [5.74, 6) is -12.1. The first kappa shape index (κ1) is 52.0. The van der Waals surface area contributed by atoms with Crippen LogP contribution in [0.1, 0.15) is 111 Å². The van der Waals surface area contributed by atoms with Gasteiger partial charge in [0, 0.05) is 12.2 Å². The van der Waals surface area contributed by atoms with E-state index in [-0.39, 0.29) is 30.4 Å². The van der Waals surface area contributed by atoms with Crippen molar-refractivity contribution in [1.82, 2.24) is 32.1 Å². The van der Waals surface area contributed by atoms with Gasteiger partial charge in [-0.05, 0) is 37.0 Å². The van der Waals surface area contributed by atoms with E-state index in [1.165, 1.54) is 0 Å². The smallest absolute Gasteiger partial charge is 0.327 e. The molecule has 1 saturated carbocycles. The van der Waals surface area contributed by atoms with E-state index in [0.29, 0.717) is 6.42 Å². The molecule has 0 radical (unpaired) electrons. The molecule has 0 unspecified atom stereocenters. The van der Waals surface area contributed by atoms with Gasteiger partial charge < -0.3 is 51.8 Å². The molecule has 0 saturated heterocycles. The number of hydrogen-bond acceptors (Lipinski definition) is 13. The van der Waals surface area contributed by atoms with Gasteiger partial charge in [-0.15, -0.1) is 5.48 Å². The Bertz CT molecular complexity index is 1490. The number of carbonyl (C=O) groups excluding carboxylic acids is 6.